The molecule has 0 aliphatic carbocycles. The molecule has 1 aliphatic rings. The van der Waals surface area contributed by atoms with E-state index in [0.717, 1.165) is 26.1 Å². The van der Waals surface area contributed by atoms with E-state index in [9.17, 15) is 14.9 Å². The first-order valence-corrected chi connectivity index (χ1v) is 11.0. The monoisotopic (exact) mass is 446 g/mol. The van der Waals surface area contributed by atoms with Crippen LogP contribution in [0.25, 0.3) is 0 Å². The third-order valence-electron chi connectivity index (χ3n) is 5.65. The molecular weight excluding hydrogens is 420 g/mol. The molecule has 0 atom stereocenters. The number of carbonyl (C=O) groups is 1. The molecule has 1 aliphatic heterocycles. The summed E-state index contributed by atoms with van der Waals surface area (Å²) >= 11 is 0. The highest BCUT2D eigenvalue weighted by atomic mass is 16.6. The molecule has 0 N–H and O–H groups in total. The molecule has 0 unspecified atom stereocenters. The number of aromatic nitrogens is 1. The van der Waals surface area contributed by atoms with Gasteiger partial charge in [0.25, 0.3) is 0 Å². The van der Waals surface area contributed by atoms with E-state index >= 15 is 0 Å². The number of ether oxygens (including phenoxy) is 1. The molecule has 8 heteroatoms. The highest BCUT2D eigenvalue weighted by Crippen LogP contribution is 2.34. The molecule has 0 radical (unpaired) electrons. The van der Waals surface area contributed by atoms with Crippen LogP contribution < -0.4 is 4.90 Å². The Morgan fingerprint density at radius 2 is 1.76 bits per heavy atom. The molecule has 0 bridgehead atoms. The van der Waals surface area contributed by atoms with Gasteiger partial charge in [0.15, 0.2) is 5.78 Å². The molecule has 1 saturated heterocycles. The molecule has 2 heterocycles. The Bertz CT molecular complexity index is 1100. The number of hydrogen-bond acceptors (Lipinski definition) is 7. The van der Waals surface area contributed by atoms with Crippen LogP contribution in [-0.2, 0) is 4.74 Å². The quantitative estimate of drug-likeness (QED) is 0.278. The van der Waals surface area contributed by atoms with Gasteiger partial charge in [-0.05, 0) is 24.6 Å². The number of morpholine rings is 1. The topological polar surface area (TPSA) is 88.8 Å². The Balaban J connectivity index is 1.69. The van der Waals surface area contributed by atoms with Crippen molar-refractivity contribution in [1.82, 2.24) is 9.88 Å². The predicted octanol–water partition coefficient (Wildman–Crippen LogP) is 4.08. The second kappa shape index (κ2) is 10.8. The molecule has 1 fully saturated rings. The van der Waals surface area contributed by atoms with Gasteiger partial charge in [0.1, 0.15) is 0 Å². The summed E-state index contributed by atoms with van der Waals surface area (Å²) in [7, 11) is 0. The second-order valence-electron chi connectivity index (χ2n) is 7.77. The van der Waals surface area contributed by atoms with Crippen LogP contribution in [0.5, 0.6) is 0 Å². The molecule has 2 aromatic carbocycles. The van der Waals surface area contributed by atoms with Crippen LogP contribution in [0.15, 0.2) is 72.9 Å². The van der Waals surface area contributed by atoms with E-state index in [1.807, 2.05) is 30.3 Å². The van der Waals surface area contributed by atoms with Gasteiger partial charge in [-0.3, -0.25) is 19.8 Å². The average molecular weight is 447 g/mol. The number of carbonyl (C=O) groups excluding carboxylic acids is 1. The lowest BCUT2D eigenvalue weighted by atomic mass is 10.0. The summed E-state index contributed by atoms with van der Waals surface area (Å²) in [6.07, 6.45) is 2.29. The second-order valence-corrected chi connectivity index (χ2v) is 7.77. The molecule has 0 saturated carbocycles. The van der Waals surface area contributed by atoms with Crippen LogP contribution in [0.1, 0.15) is 22.3 Å². The molecule has 0 spiro atoms. The number of ketones is 1. The first kappa shape index (κ1) is 22.6. The number of rotatable bonds is 9. The van der Waals surface area contributed by atoms with Crippen molar-refractivity contribution in [3.63, 3.8) is 0 Å². The first-order valence-electron chi connectivity index (χ1n) is 11.0. The van der Waals surface area contributed by atoms with Crippen molar-refractivity contribution in [2.24, 2.45) is 0 Å². The van der Waals surface area contributed by atoms with E-state index in [4.69, 9.17) is 4.74 Å². The van der Waals surface area contributed by atoms with Gasteiger partial charge in [-0.2, -0.15) is 0 Å². The Labute approximate surface area is 192 Å². The van der Waals surface area contributed by atoms with E-state index in [1.165, 1.54) is 6.07 Å². The number of pyridine rings is 1. The highest BCUT2D eigenvalue weighted by molar-refractivity contribution is 6.12. The standard InChI is InChI=1S/C25H26N4O4/c30-24(20-8-2-1-3-9-20)21-10-4-5-11-22(21)28(15-7-14-27-16-18-33-19-17-27)25-23(29(31)32)12-6-13-26-25/h1-6,8-13H,7,14-19H2. The normalized spacial score (nSPS) is 14.1. The van der Waals surface area contributed by atoms with Gasteiger partial charge < -0.3 is 9.64 Å². The Morgan fingerprint density at radius 1 is 1.03 bits per heavy atom. The van der Waals surface area contributed by atoms with Gasteiger partial charge in [-0.25, -0.2) is 4.98 Å². The maximum Gasteiger partial charge on any atom is 0.311 e. The lowest BCUT2D eigenvalue weighted by Crippen LogP contribution is -2.38. The smallest absolute Gasteiger partial charge is 0.311 e. The van der Waals surface area contributed by atoms with Crippen LogP contribution in [0, 0.1) is 10.1 Å². The fourth-order valence-corrected chi connectivity index (χ4v) is 4.00. The van der Waals surface area contributed by atoms with Crippen molar-refractivity contribution in [3.05, 3.63) is 94.2 Å². The van der Waals surface area contributed by atoms with Gasteiger partial charge in [0.2, 0.25) is 5.82 Å². The van der Waals surface area contributed by atoms with E-state index in [2.05, 4.69) is 9.88 Å². The minimum atomic E-state index is -0.432. The highest BCUT2D eigenvalue weighted by Gasteiger charge is 2.26. The SMILES string of the molecule is O=C(c1ccccc1)c1ccccc1N(CCCN1CCOCC1)c1ncccc1[N+](=O)[O-]. The Kier molecular flexibility index (Phi) is 7.39. The number of para-hydroxylation sites is 1. The zero-order chi connectivity index (χ0) is 23.0. The summed E-state index contributed by atoms with van der Waals surface area (Å²) < 4.78 is 5.42. The van der Waals surface area contributed by atoms with Crippen LogP contribution in [0.4, 0.5) is 17.2 Å². The van der Waals surface area contributed by atoms with Crippen molar-refractivity contribution in [3.8, 4) is 0 Å². The van der Waals surface area contributed by atoms with Crippen LogP contribution >= 0.6 is 0 Å². The summed E-state index contributed by atoms with van der Waals surface area (Å²) in [5, 5.41) is 11.8. The maximum atomic E-state index is 13.3. The molecular formula is C25H26N4O4. The minimum absolute atomic E-state index is 0.0918. The zero-order valence-corrected chi connectivity index (χ0v) is 18.3. The third kappa shape index (κ3) is 5.42. The summed E-state index contributed by atoms with van der Waals surface area (Å²) in [6, 6.07) is 19.2. The molecule has 1 aromatic heterocycles. The van der Waals surface area contributed by atoms with Crippen molar-refractivity contribution in [2.75, 3.05) is 44.3 Å². The third-order valence-corrected chi connectivity index (χ3v) is 5.65. The van der Waals surface area contributed by atoms with E-state index in [1.54, 1.807) is 41.4 Å². The summed E-state index contributed by atoms with van der Waals surface area (Å²) in [5.74, 6) is 0.0979. The zero-order valence-electron chi connectivity index (χ0n) is 18.3. The predicted molar refractivity (Wildman–Crippen MR) is 126 cm³/mol. The van der Waals surface area contributed by atoms with Gasteiger partial charge >= 0.3 is 5.69 Å². The molecule has 0 amide bonds. The minimum Gasteiger partial charge on any atom is -0.379 e. The van der Waals surface area contributed by atoms with Gasteiger partial charge in [-0.1, -0.05) is 42.5 Å². The van der Waals surface area contributed by atoms with Crippen LogP contribution in [-0.4, -0.2) is 60.0 Å². The Morgan fingerprint density at radius 3 is 2.52 bits per heavy atom. The molecule has 4 rings (SSSR count). The van der Waals surface area contributed by atoms with Crippen molar-refractivity contribution >= 4 is 23.0 Å². The lowest BCUT2D eigenvalue weighted by molar-refractivity contribution is -0.384. The van der Waals surface area contributed by atoms with Gasteiger partial charge in [0.05, 0.1) is 23.8 Å². The Hall–Kier alpha value is -3.62. The number of anilines is 2. The van der Waals surface area contributed by atoms with E-state index in [0.29, 0.717) is 36.6 Å². The van der Waals surface area contributed by atoms with Crippen molar-refractivity contribution in [2.45, 2.75) is 6.42 Å². The van der Waals surface area contributed by atoms with Crippen LogP contribution in [0.2, 0.25) is 0 Å². The van der Waals surface area contributed by atoms with E-state index < -0.39 is 4.92 Å². The van der Waals surface area contributed by atoms with Gasteiger partial charge in [-0.15, -0.1) is 0 Å². The van der Waals surface area contributed by atoms with E-state index in [-0.39, 0.29) is 17.3 Å². The van der Waals surface area contributed by atoms with Gasteiger partial charge in [0, 0.05) is 49.6 Å². The molecule has 33 heavy (non-hydrogen) atoms. The molecule has 8 nitrogen and oxygen atoms in total. The number of nitrogens with zero attached hydrogens (tertiary/aromatic N) is 4. The summed E-state index contributed by atoms with van der Waals surface area (Å²) in [4.78, 5) is 33.1. The number of hydrogen-bond donors (Lipinski definition) is 0. The van der Waals surface area contributed by atoms with Crippen LogP contribution in [0.3, 0.4) is 0 Å². The summed E-state index contributed by atoms with van der Waals surface area (Å²) in [5.41, 5.74) is 1.56. The average Bonchev–Trinajstić information content (AvgIpc) is 2.87. The molecule has 3 aromatic rings. The lowest BCUT2D eigenvalue weighted by Gasteiger charge is -2.29. The van der Waals surface area contributed by atoms with Crippen molar-refractivity contribution < 1.29 is 14.5 Å². The fourth-order valence-electron chi connectivity index (χ4n) is 4.00. The molecule has 170 valence electrons. The number of benzene rings is 2. The first-order chi connectivity index (χ1) is 16.1. The summed E-state index contributed by atoms with van der Waals surface area (Å²) in [6.45, 7) is 4.47. The fraction of sp³-hybridized carbons (Fsp3) is 0.280. The number of nitro groups is 1. The maximum absolute atomic E-state index is 13.3. The largest absolute Gasteiger partial charge is 0.379 e. The van der Waals surface area contributed by atoms with Crippen molar-refractivity contribution in [1.29, 1.82) is 0 Å².